The van der Waals surface area contributed by atoms with Crippen LogP contribution >= 0.6 is 0 Å². The van der Waals surface area contributed by atoms with Gasteiger partial charge in [0.05, 0.1) is 12.2 Å². The summed E-state index contributed by atoms with van der Waals surface area (Å²) in [5.74, 6) is 1.52. The number of ketones is 1. The molecule has 0 aromatic heterocycles. The second-order valence-electron chi connectivity index (χ2n) is 4.79. The lowest BCUT2D eigenvalue weighted by molar-refractivity contribution is 0.100. The molecule has 0 spiro atoms. The zero-order valence-corrected chi connectivity index (χ0v) is 11.8. The molecule has 0 saturated carbocycles. The van der Waals surface area contributed by atoms with Gasteiger partial charge in [-0.05, 0) is 42.8 Å². The van der Waals surface area contributed by atoms with E-state index < -0.39 is 0 Å². The number of fused-ring (bicyclic) bond motifs is 1. The molecule has 0 aliphatic carbocycles. The van der Waals surface area contributed by atoms with Crippen LogP contribution in [0.3, 0.4) is 0 Å². The Labute approximate surface area is 123 Å². The minimum atomic E-state index is 0.0331. The molecule has 0 saturated heterocycles. The minimum absolute atomic E-state index is 0.0331. The van der Waals surface area contributed by atoms with E-state index in [1.54, 1.807) is 6.07 Å². The highest BCUT2D eigenvalue weighted by Gasteiger charge is 2.22. The van der Waals surface area contributed by atoms with Crippen molar-refractivity contribution < 1.29 is 14.3 Å². The number of para-hydroxylation sites is 1. The predicted molar refractivity (Wildman–Crippen MR) is 81.9 cm³/mol. The molecule has 2 aromatic carbocycles. The van der Waals surface area contributed by atoms with Crippen LogP contribution in [0.2, 0.25) is 0 Å². The van der Waals surface area contributed by atoms with Gasteiger partial charge in [0, 0.05) is 5.57 Å². The minimum Gasteiger partial charge on any atom is -0.494 e. The summed E-state index contributed by atoms with van der Waals surface area (Å²) in [4.78, 5) is 12.4. The zero-order valence-electron chi connectivity index (χ0n) is 11.8. The maximum atomic E-state index is 12.4. The van der Waals surface area contributed by atoms with Crippen LogP contribution in [0.1, 0.15) is 22.8 Å². The van der Waals surface area contributed by atoms with Crippen LogP contribution in [0.25, 0.3) is 6.08 Å². The van der Waals surface area contributed by atoms with Gasteiger partial charge in [-0.1, -0.05) is 24.3 Å². The van der Waals surface area contributed by atoms with Gasteiger partial charge in [-0.25, -0.2) is 0 Å². The third-order valence-corrected chi connectivity index (χ3v) is 3.34. The molecule has 3 rings (SSSR count). The van der Waals surface area contributed by atoms with E-state index in [9.17, 15) is 4.79 Å². The van der Waals surface area contributed by atoms with Crippen LogP contribution in [0.15, 0.2) is 54.1 Å². The van der Waals surface area contributed by atoms with Gasteiger partial charge in [-0.3, -0.25) is 4.79 Å². The quantitative estimate of drug-likeness (QED) is 0.803. The Morgan fingerprint density at radius 1 is 1.14 bits per heavy atom. The van der Waals surface area contributed by atoms with Gasteiger partial charge in [0.15, 0.2) is 5.78 Å². The van der Waals surface area contributed by atoms with Crippen molar-refractivity contribution in [3.05, 3.63) is 65.2 Å². The molecule has 0 radical (unpaired) electrons. The highest BCUT2D eigenvalue weighted by molar-refractivity contribution is 6.14. The van der Waals surface area contributed by atoms with Crippen LogP contribution in [0.4, 0.5) is 0 Å². The predicted octanol–water partition coefficient (Wildman–Crippen LogP) is 3.74. The van der Waals surface area contributed by atoms with E-state index in [0.717, 1.165) is 11.3 Å². The van der Waals surface area contributed by atoms with E-state index in [0.29, 0.717) is 30.1 Å². The third kappa shape index (κ3) is 2.82. The fourth-order valence-corrected chi connectivity index (χ4v) is 2.31. The summed E-state index contributed by atoms with van der Waals surface area (Å²) in [6.45, 7) is 2.90. The second-order valence-corrected chi connectivity index (χ2v) is 4.79. The van der Waals surface area contributed by atoms with Crippen molar-refractivity contribution in [2.45, 2.75) is 6.92 Å². The molecule has 0 amide bonds. The SMILES string of the molecule is CCOc1ccc(/C=C2/COc3ccccc3C2=O)cc1. The molecule has 3 nitrogen and oxygen atoms in total. The molecule has 1 aliphatic heterocycles. The average Bonchev–Trinajstić information content (AvgIpc) is 2.52. The Morgan fingerprint density at radius 2 is 1.90 bits per heavy atom. The molecular formula is C18H16O3. The summed E-state index contributed by atoms with van der Waals surface area (Å²) in [7, 11) is 0. The van der Waals surface area contributed by atoms with Crippen LogP contribution in [-0.2, 0) is 0 Å². The summed E-state index contributed by atoms with van der Waals surface area (Å²) in [5.41, 5.74) is 2.25. The van der Waals surface area contributed by atoms with E-state index in [-0.39, 0.29) is 5.78 Å². The summed E-state index contributed by atoms with van der Waals surface area (Å²) in [5, 5.41) is 0. The highest BCUT2D eigenvalue weighted by Crippen LogP contribution is 2.27. The molecule has 0 unspecified atom stereocenters. The topological polar surface area (TPSA) is 35.5 Å². The summed E-state index contributed by atoms with van der Waals surface area (Å²) < 4.78 is 11.0. The van der Waals surface area contributed by atoms with Gasteiger partial charge in [-0.15, -0.1) is 0 Å². The number of carbonyl (C=O) groups is 1. The Bertz CT molecular complexity index is 684. The first-order valence-electron chi connectivity index (χ1n) is 6.98. The fourth-order valence-electron chi connectivity index (χ4n) is 2.31. The molecule has 21 heavy (non-hydrogen) atoms. The van der Waals surface area contributed by atoms with Crippen LogP contribution in [-0.4, -0.2) is 19.0 Å². The lowest BCUT2D eigenvalue weighted by Crippen LogP contribution is -2.18. The lowest BCUT2D eigenvalue weighted by Gasteiger charge is -2.18. The standard InChI is InChI=1S/C18H16O3/c1-2-20-15-9-7-13(8-10-15)11-14-12-21-17-6-4-3-5-16(17)18(14)19/h3-11H,2,12H2,1H3/b14-11-. The van der Waals surface area contributed by atoms with Crippen molar-refractivity contribution in [3.63, 3.8) is 0 Å². The average molecular weight is 280 g/mol. The normalized spacial score (nSPS) is 15.5. The van der Waals surface area contributed by atoms with Crippen LogP contribution in [0.5, 0.6) is 11.5 Å². The van der Waals surface area contributed by atoms with E-state index in [1.807, 2.05) is 55.5 Å². The van der Waals surface area contributed by atoms with Crippen molar-refractivity contribution in [1.29, 1.82) is 0 Å². The van der Waals surface area contributed by atoms with Gasteiger partial charge in [-0.2, -0.15) is 0 Å². The van der Waals surface area contributed by atoms with E-state index in [1.165, 1.54) is 0 Å². The number of hydrogen-bond acceptors (Lipinski definition) is 3. The first-order valence-corrected chi connectivity index (χ1v) is 6.98. The number of ether oxygens (including phenoxy) is 2. The van der Waals surface area contributed by atoms with Crippen LogP contribution < -0.4 is 9.47 Å². The molecule has 0 N–H and O–H groups in total. The zero-order chi connectivity index (χ0) is 14.7. The van der Waals surface area contributed by atoms with Gasteiger partial charge in [0.2, 0.25) is 0 Å². The summed E-state index contributed by atoms with van der Waals surface area (Å²) >= 11 is 0. The maximum absolute atomic E-state index is 12.4. The molecule has 1 heterocycles. The highest BCUT2D eigenvalue weighted by atomic mass is 16.5. The third-order valence-electron chi connectivity index (χ3n) is 3.34. The number of Topliss-reactive ketones (excluding diaryl/α,β-unsaturated/α-hetero) is 1. The molecular weight excluding hydrogens is 264 g/mol. The molecule has 106 valence electrons. The molecule has 0 fully saturated rings. The van der Waals surface area contributed by atoms with E-state index in [4.69, 9.17) is 9.47 Å². The number of carbonyl (C=O) groups excluding carboxylic acids is 1. The summed E-state index contributed by atoms with van der Waals surface area (Å²) in [6.07, 6.45) is 1.87. The maximum Gasteiger partial charge on any atom is 0.196 e. The van der Waals surface area contributed by atoms with E-state index >= 15 is 0 Å². The van der Waals surface area contributed by atoms with Crippen molar-refractivity contribution in [2.75, 3.05) is 13.2 Å². The Hall–Kier alpha value is -2.55. The number of rotatable bonds is 3. The second kappa shape index (κ2) is 5.83. The van der Waals surface area contributed by atoms with Crippen LogP contribution in [0, 0.1) is 0 Å². The molecule has 0 atom stereocenters. The Balaban J connectivity index is 1.86. The molecule has 1 aliphatic rings. The number of benzene rings is 2. The summed E-state index contributed by atoms with van der Waals surface area (Å²) in [6, 6.07) is 15.0. The monoisotopic (exact) mass is 280 g/mol. The van der Waals surface area contributed by atoms with Crippen molar-refractivity contribution in [1.82, 2.24) is 0 Å². The van der Waals surface area contributed by atoms with Crippen molar-refractivity contribution in [3.8, 4) is 11.5 Å². The lowest BCUT2D eigenvalue weighted by atomic mass is 9.98. The van der Waals surface area contributed by atoms with Gasteiger partial charge < -0.3 is 9.47 Å². The first-order chi connectivity index (χ1) is 10.3. The fraction of sp³-hybridized carbons (Fsp3) is 0.167. The smallest absolute Gasteiger partial charge is 0.196 e. The van der Waals surface area contributed by atoms with E-state index in [2.05, 4.69) is 0 Å². The number of hydrogen-bond donors (Lipinski definition) is 0. The van der Waals surface area contributed by atoms with Gasteiger partial charge in [0.25, 0.3) is 0 Å². The molecule has 3 heteroatoms. The van der Waals surface area contributed by atoms with Crippen molar-refractivity contribution in [2.24, 2.45) is 0 Å². The Morgan fingerprint density at radius 3 is 2.67 bits per heavy atom. The largest absolute Gasteiger partial charge is 0.494 e. The van der Waals surface area contributed by atoms with Crippen molar-refractivity contribution >= 4 is 11.9 Å². The Kier molecular flexibility index (Phi) is 3.73. The molecule has 0 bridgehead atoms. The van der Waals surface area contributed by atoms with Gasteiger partial charge >= 0.3 is 0 Å². The first kappa shape index (κ1) is 13.4. The molecule has 2 aromatic rings. The van der Waals surface area contributed by atoms with Gasteiger partial charge in [0.1, 0.15) is 18.1 Å².